The molecule has 0 unspecified atom stereocenters. The lowest BCUT2D eigenvalue weighted by Crippen LogP contribution is -2.30. The van der Waals surface area contributed by atoms with Gasteiger partial charge in [0.2, 0.25) is 17.8 Å². The summed E-state index contributed by atoms with van der Waals surface area (Å²) >= 11 is 0. The molecule has 188 valence electrons. The van der Waals surface area contributed by atoms with E-state index in [0.29, 0.717) is 17.9 Å². The van der Waals surface area contributed by atoms with Gasteiger partial charge in [0.1, 0.15) is 0 Å². The van der Waals surface area contributed by atoms with Crippen molar-refractivity contribution >= 4 is 28.6 Å². The van der Waals surface area contributed by atoms with Crippen LogP contribution < -0.4 is 15.5 Å². The lowest BCUT2D eigenvalue weighted by Gasteiger charge is -2.26. The molecule has 1 aliphatic carbocycles. The second-order valence-electron chi connectivity index (χ2n) is 9.89. The van der Waals surface area contributed by atoms with Crippen LogP contribution in [0.3, 0.4) is 0 Å². The third-order valence-electron chi connectivity index (χ3n) is 7.04. The molecule has 0 aliphatic heterocycles. The molecule has 2 N–H and O–H groups in total. The molecule has 2 aromatic carbocycles. The number of rotatable bonds is 12. The Bertz CT molecular complexity index is 1050. The molecule has 1 saturated carbocycles. The van der Waals surface area contributed by atoms with Gasteiger partial charge in [0.05, 0.1) is 6.04 Å². The highest BCUT2D eigenvalue weighted by Gasteiger charge is 2.19. The van der Waals surface area contributed by atoms with Crippen LogP contribution in [-0.2, 0) is 0 Å². The minimum Gasteiger partial charge on any atom is -0.351 e. The standard InChI is InChI=1S/C29H42N6/c1-4-6-20-35(21-7-5-2)29-33-27(32-28(34-29)31-24-16-9-8-10-17-24)30-22(3)25-19-13-15-23-14-11-12-18-26(23)25/h11-15,18-19,22,24H,4-10,16-17,20-21H2,1-3H3,(H2,30,31,32,33,34)/t22-/m1/s1. The summed E-state index contributed by atoms with van der Waals surface area (Å²) in [5, 5.41) is 9.76. The van der Waals surface area contributed by atoms with Crippen molar-refractivity contribution < 1.29 is 0 Å². The molecule has 0 radical (unpaired) electrons. The normalized spacial score (nSPS) is 15.2. The van der Waals surface area contributed by atoms with Gasteiger partial charge in [-0.1, -0.05) is 88.4 Å². The number of unbranched alkanes of at least 4 members (excludes halogenated alkanes) is 2. The lowest BCUT2D eigenvalue weighted by molar-refractivity contribution is 0.460. The van der Waals surface area contributed by atoms with Crippen molar-refractivity contribution in [2.45, 2.75) is 90.6 Å². The third kappa shape index (κ3) is 6.83. The first-order valence-corrected chi connectivity index (χ1v) is 13.7. The van der Waals surface area contributed by atoms with Crippen LogP contribution in [0.5, 0.6) is 0 Å². The average Bonchev–Trinajstić information content (AvgIpc) is 2.89. The van der Waals surface area contributed by atoms with Crippen molar-refractivity contribution in [3.8, 4) is 0 Å². The van der Waals surface area contributed by atoms with Gasteiger partial charge in [-0.25, -0.2) is 0 Å². The summed E-state index contributed by atoms with van der Waals surface area (Å²) in [5.74, 6) is 2.13. The molecule has 35 heavy (non-hydrogen) atoms. The number of aromatic nitrogens is 3. The highest BCUT2D eigenvalue weighted by molar-refractivity contribution is 5.86. The Morgan fingerprint density at radius 2 is 1.54 bits per heavy atom. The Kier molecular flexibility index (Phi) is 9.15. The van der Waals surface area contributed by atoms with E-state index in [9.17, 15) is 0 Å². The van der Waals surface area contributed by atoms with Crippen molar-refractivity contribution in [1.82, 2.24) is 15.0 Å². The number of benzene rings is 2. The summed E-state index contributed by atoms with van der Waals surface area (Å²) in [7, 11) is 0. The summed E-state index contributed by atoms with van der Waals surface area (Å²) < 4.78 is 0. The molecule has 0 bridgehead atoms. The fourth-order valence-corrected chi connectivity index (χ4v) is 4.97. The van der Waals surface area contributed by atoms with Crippen molar-refractivity contribution in [2.75, 3.05) is 28.6 Å². The molecule has 3 aromatic rings. The van der Waals surface area contributed by atoms with Crippen LogP contribution in [0.15, 0.2) is 42.5 Å². The fraction of sp³-hybridized carbons (Fsp3) is 0.552. The van der Waals surface area contributed by atoms with E-state index in [2.05, 4.69) is 78.8 Å². The molecule has 0 saturated heterocycles. The quantitative estimate of drug-likeness (QED) is 0.286. The first kappa shape index (κ1) is 25.2. The maximum Gasteiger partial charge on any atom is 0.231 e. The van der Waals surface area contributed by atoms with E-state index in [4.69, 9.17) is 15.0 Å². The maximum absolute atomic E-state index is 4.93. The van der Waals surface area contributed by atoms with Gasteiger partial charge in [-0.3, -0.25) is 0 Å². The van der Waals surface area contributed by atoms with Gasteiger partial charge < -0.3 is 15.5 Å². The van der Waals surface area contributed by atoms with E-state index >= 15 is 0 Å². The zero-order chi connectivity index (χ0) is 24.5. The molecule has 1 aromatic heterocycles. The SMILES string of the molecule is CCCCN(CCCC)c1nc(NC2CCCCC2)nc(N[C@H](C)c2cccc3ccccc23)n1. The molecule has 1 heterocycles. The van der Waals surface area contributed by atoms with Gasteiger partial charge >= 0.3 is 0 Å². The van der Waals surface area contributed by atoms with Crippen LogP contribution in [-0.4, -0.2) is 34.1 Å². The van der Waals surface area contributed by atoms with E-state index < -0.39 is 0 Å². The highest BCUT2D eigenvalue weighted by atomic mass is 15.3. The van der Waals surface area contributed by atoms with E-state index in [1.807, 2.05) is 0 Å². The Labute approximate surface area is 211 Å². The zero-order valence-electron chi connectivity index (χ0n) is 21.8. The summed E-state index contributed by atoms with van der Waals surface area (Å²) in [6.45, 7) is 8.61. The van der Waals surface area contributed by atoms with Gasteiger partial charge in [0.15, 0.2) is 0 Å². The average molecular weight is 475 g/mol. The number of hydrogen-bond acceptors (Lipinski definition) is 6. The summed E-state index contributed by atoms with van der Waals surface area (Å²) in [5.41, 5.74) is 1.25. The van der Waals surface area contributed by atoms with Crippen LogP contribution >= 0.6 is 0 Å². The van der Waals surface area contributed by atoms with E-state index in [-0.39, 0.29) is 6.04 Å². The zero-order valence-corrected chi connectivity index (χ0v) is 21.8. The second-order valence-corrected chi connectivity index (χ2v) is 9.89. The lowest BCUT2D eigenvalue weighted by atomic mass is 9.96. The van der Waals surface area contributed by atoms with Crippen molar-refractivity contribution in [2.24, 2.45) is 0 Å². The molecule has 4 rings (SSSR count). The predicted molar refractivity (Wildman–Crippen MR) is 148 cm³/mol. The minimum atomic E-state index is 0.0682. The molecule has 1 aliphatic rings. The predicted octanol–water partition coefficient (Wildman–Crippen LogP) is 7.35. The van der Waals surface area contributed by atoms with Crippen LogP contribution in [0.4, 0.5) is 17.8 Å². The third-order valence-corrected chi connectivity index (χ3v) is 7.04. The first-order valence-electron chi connectivity index (χ1n) is 13.7. The topological polar surface area (TPSA) is 66.0 Å². The fourth-order valence-electron chi connectivity index (χ4n) is 4.97. The first-order chi connectivity index (χ1) is 17.2. The van der Waals surface area contributed by atoms with Gasteiger partial charge in [-0.05, 0) is 48.9 Å². The number of fused-ring (bicyclic) bond motifs is 1. The molecule has 1 fully saturated rings. The molecular weight excluding hydrogens is 432 g/mol. The van der Waals surface area contributed by atoms with Crippen molar-refractivity contribution in [3.05, 3.63) is 48.0 Å². The highest BCUT2D eigenvalue weighted by Crippen LogP contribution is 2.27. The molecule has 0 amide bonds. The Morgan fingerprint density at radius 3 is 2.29 bits per heavy atom. The number of hydrogen-bond donors (Lipinski definition) is 2. The van der Waals surface area contributed by atoms with E-state index in [1.54, 1.807) is 0 Å². The van der Waals surface area contributed by atoms with Crippen LogP contribution in [0, 0.1) is 0 Å². The monoisotopic (exact) mass is 474 g/mol. The van der Waals surface area contributed by atoms with Gasteiger partial charge in [0.25, 0.3) is 0 Å². The minimum absolute atomic E-state index is 0.0682. The summed E-state index contributed by atoms with van der Waals surface area (Å²) in [6.07, 6.45) is 10.8. The summed E-state index contributed by atoms with van der Waals surface area (Å²) in [4.78, 5) is 17.0. The van der Waals surface area contributed by atoms with E-state index in [1.165, 1.54) is 48.4 Å². The van der Waals surface area contributed by atoms with Gasteiger partial charge in [0, 0.05) is 19.1 Å². The molecular formula is C29H42N6. The van der Waals surface area contributed by atoms with E-state index in [0.717, 1.165) is 44.7 Å². The number of anilines is 3. The number of nitrogens with one attached hydrogen (secondary N) is 2. The molecule has 1 atom stereocenters. The number of nitrogens with zero attached hydrogens (tertiary/aromatic N) is 4. The Balaban J connectivity index is 1.63. The largest absolute Gasteiger partial charge is 0.351 e. The Morgan fingerprint density at radius 1 is 0.857 bits per heavy atom. The Hall–Kier alpha value is -2.89. The molecule has 6 heteroatoms. The second kappa shape index (κ2) is 12.7. The van der Waals surface area contributed by atoms with Crippen LogP contribution in [0.25, 0.3) is 10.8 Å². The van der Waals surface area contributed by atoms with Gasteiger partial charge in [-0.15, -0.1) is 0 Å². The summed E-state index contributed by atoms with van der Waals surface area (Å²) in [6, 6.07) is 15.5. The smallest absolute Gasteiger partial charge is 0.231 e. The molecule has 6 nitrogen and oxygen atoms in total. The van der Waals surface area contributed by atoms with Crippen LogP contribution in [0.1, 0.15) is 90.2 Å². The van der Waals surface area contributed by atoms with Crippen molar-refractivity contribution in [1.29, 1.82) is 0 Å². The van der Waals surface area contributed by atoms with Crippen molar-refractivity contribution in [3.63, 3.8) is 0 Å². The molecule has 0 spiro atoms. The maximum atomic E-state index is 4.93. The van der Waals surface area contributed by atoms with Crippen LogP contribution in [0.2, 0.25) is 0 Å². The van der Waals surface area contributed by atoms with Gasteiger partial charge in [-0.2, -0.15) is 15.0 Å².